The highest BCUT2D eigenvalue weighted by atomic mass is 32.2. The van der Waals surface area contributed by atoms with Crippen LogP contribution in [0.4, 0.5) is 4.39 Å². The second-order valence-electron chi connectivity index (χ2n) is 8.15. The van der Waals surface area contributed by atoms with Crippen LogP contribution in [-0.2, 0) is 11.4 Å². The van der Waals surface area contributed by atoms with E-state index in [-0.39, 0.29) is 18.3 Å². The van der Waals surface area contributed by atoms with E-state index in [0.29, 0.717) is 29.0 Å². The van der Waals surface area contributed by atoms with Crippen LogP contribution in [0.5, 0.6) is 11.5 Å². The zero-order valence-corrected chi connectivity index (χ0v) is 20.5. The number of hydrogen-bond donors (Lipinski definition) is 1. The van der Waals surface area contributed by atoms with Crippen molar-refractivity contribution in [2.24, 2.45) is 0 Å². The van der Waals surface area contributed by atoms with Gasteiger partial charge >= 0.3 is 0 Å². The van der Waals surface area contributed by atoms with E-state index in [4.69, 9.17) is 9.47 Å². The summed E-state index contributed by atoms with van der Waals surface area (Å²) in [5.41, 5.74) is 1.72. The number of ether oxygens (including phenoxy) is 2. The van der Waals surface area contributed by atoms with Crippen molar-refractivity contribution >= 4 is 17.7 Å². The van der Waals surface area contributed by atoms with E-state index in [1.165, 1.54) is 36.2 Å². The Hall–Kier alpha value is -3.33. The highest BCUT2D eigenvalue weighted by molar-refractivity contribution is 7.99. The normalized spacial score (nSPS) is 13.3. The summed E-state index contributed by atoms with van der Waals surface area (Å²) < 4.78 is 27.3. The maximum Gasteiger partial charge on any atom is 0.230 e. The number of hydrogen-bond acceptors (Lipinski definition) is 6. The number of para-hydroxylation sites is 1. The van der Waals surface area contributed by atoms with E-state index in [1.807, 2.05) is 0 Å². The van der Waals surface area contributed by atoms with Gasteiger partial charge in [0.2, 0.25) is 5.91 Å². The molecule has 1 aromatic heterocycles. The minimum absolute atomic E-state index is 0.0789. The van der Waals surface area contributed by atoms with E-state index in [2.05, 4.69) is 21.6 Å². The maximum absolute atomic E-state index is 14.7. The van der Waals surface area contributed by atoms with Crippen LogP contribution in [0.1, 0.15) is 37.9 Å². The molecule has 2 aromatic carbocycles. The van der Waals surface area contributed by atoms with Gasteiger partial charge in [-0.15, -0.1) is 10.2 Å². The summed E-state index contributed by atoms with van der Waals surface area (Å²) in [5.74, 6) is 1.42. The standard InChI is InChI=1S/C26H29FN4O3S/c1-33-20-11-13-21(14-12-20)34-17-24-29-30-26(31(24)23-10-6-5-9-22(23)27)35-18-25(32)28-16-15-19-7-3-2-4-8-19/h5-7,9-14H,2-4,8,15-18H2,1H3,(H,28,32). The Balaban J connectivity index is 1.41. The monoisotopic (exact) mass is 496 g/mol. The summed E-state index contributed by atoms with van der Waals surface area (Å²) in [5, 5.41) is 11.8. The molecule has 9 heteroatoms. The number of thioether (sulfide) groups is 1. The van der Waals surface area contributed by atoms with Crippen molar-refractivity contribution < 1.29 is 18.7 Å². The van der Waals surface area contributed by atoms with Gasteiger partial charge < -0.3 is 14.8 Å². The second-order valence-corrected chi connectivity index (χ2v) is 9.09. The third-order valence-electron chi connectivity index (χ3n) is 5.71. The summed E-state index contributed by atoms with van der Waals surface area (Å²) in [6.07, 6.45) is 7.91. The predicted molar refractivity (Wildman–Crippen MR) is 134 cm³/mol. The topological polar surface area (TPSA) is 78.3 Å². The van der Waals surface area contributed by atoms with Crippen molar-refractivity contribution in [2.75, 3.05) is 19.4 Å². The van der Waals surface area contributed by atoms with Gasteiger partial charge in [-0.05, 0) is 68.5 Å². The van der Waals surface area contributed by atoms with Crippen LogP contribution in [0.15, 0.2) is 65.3 Å². The highest BCUT2D eigenvalue weighted by Gasteiger charge is 2.19. The van der Waals surface area contributed by atoms with E-state index >= 15 is 0 Å². The summed E-state index contributed by atoms with van der Waals surface area (Å²) in [4.78, 5) is 12.4. The molecule has 4 rings (SSSR count). The highest BCUT2D eigenvalue weighted by Crippen LogP contribution is 2.25. The van der Waals surface area contributed by atoms with E-state index in [0.717, 1.165) is 25.0 Å². The zero-order valence-electron chi connectivity index (χ0n) is 19.7. The largest absolute Gasteiger partial charge is 0.497 e. The van der Waals surface area contributed by atoms with Gasteiger partial charge in [0.1, 0.15) is 23.9 Å². The van der Waals surface area contributed by atoms with Gasteiger partial charge in [-0.2, -0.15) is 0 Å². The molecule has 0 saturated carbocycles. The van der Waals surface area contributed by atoms with Crippen molar-refractivity contribution in [2.45, 2.75) is 43.9 Å². The first kappa shape index (κ1) is 24.8. The lowest BCUT2D eigenvalue weighted by Gasteiger charge is -2.13. The van der Waals surface area contributed by atoms with Crippen LogP contribution in [0.25, 0.3) is 5.69 Å². The van der Waals surface area contributed by atoms with Crippen molar-refractivity contribution in [1.82, 2.24) is 20.1 Å². The Morgan fingerprint density at radius 2 is 1.91 bits per heavy atom. The van der Waals surface area contributed by atoms with Gasteiger partial charge in [0.15, 0.2) is 11.0 Å². The number of nitrogens with zero attached hydrogens (tertiary/aromatic N) is 3. The number of methoxy groups -OCH3 is 1. The van der Waals surface area contributed by atoms with Gasteiger partial charge in [-0.25, -0.2) is 4.39 Å². The second kappa shape index (κ2) is 12.4. The van der Waals surface area contributed by atoms with Crippen LogP contribution >= 0.6 is 11.8 Å². The average molecular weight is 497 g/mol. The van der Waals surface area contributed by atoms with Crippen LogP contribution < -0.4 is 14.8 Å². The quantitative estimate of drug-likeness (QED) is 0.294. The number of nitrogens with one attached hydrogen (secondary N) is 1. The Morgan fingerprint density at radius 3 is 2.66 bits per heavy atom. The zero-order chi connectivity index (χ0) is 24.5. The minimum Gasteiger partial charge on any atom is -0.497 e. The predicted octanol–water partition coefficient (Wildman–Crippen LogP) is 5.09. The molecule has 184 valence electrons. The van der Waals surface area contributed by atoms with E-state index < -0.39 is 5.82 Å². The molecule has 7 nitrogen and oxygen atoms in total. The van der Waals surface area contributed by atoms with Crippen molar-refractivity contribution in [1.29, 1.82) is 0 Å². The van der Waals surface area contributed by atoms with Crippen molar-refractivity contribution in [3.63, 3.8) is 0 Å². The van der Waals surface area contributed by atoms with E-state index in [1.54, 1.807) is 54.1 Å². The lowest BCUT2D eigenvalue weighted by atomic mass is 9.97. The number of allylic oxidation sites excluding steroid dienone is 1. The molecule has 1 heterocycles. The number of aromatic nitrogens is 3. The van der Waals surface area contributed by atoms with Gasteiger partial charge in [0.05, 0.1) is 18.6 Å². The Bertz CT molecular complexity index is 1160. The molecule has 3 aromatic rings. The number of amides is 1. The molecule has 1 aliphatic carbocycles. The van der Waals surface area contributed by atoms with Crippen LogP contribution in [0, 0.1) is 5.82 Å². The number of halogens is 1. The molecule has 35 heavy (non-hydrogen) atoms. The molecular weight excluding hydrogens is 467 g/mol. The molecule has 0 fully saturated rings. The Morgan fingerprint density at radius 1 is 1.11 bits per heavy atom. The number of carbonyl (C=O) groups excluding carboxylic acids is 1. The maximum atomic E-state index is 14.7. The molecule has 0 radical (unpaired) electrons. The van der Waals surface area contributed by atoms with Crippen LogP contribution in [0.3, 0.4) is 0 Å². The van der Waals surface area contributed by atoms with Crippen LogP contribution in [-0.4, -0.2) is 40.1 Å². The molecule has 0 unspecified atom stereocenters. The van der Waals surface area contributed by atoms with Crippen molar-refractivity contribution in [3.8, 4) is 17.2 Å². The fourth-order valence-electron chi connectivity index (χ4n) is 3.86. The lowest BCUT2D eigenvalue weighted by Crippen LogP contribution is -2.26. The Labute approximate surface area is 208 Å². The number of carbonyl (C=O) groups is 1. The molecule has 0 spiro atoms. The Kier molecular flexibility index (Phi) is 8.78. The SMILES string of the molecule is COc1ccc(OCc2nnc(SCC(=O)NCCC3=CCCCC3)n2-c2ccccc2F)cc1. The van der Waals surface area contributed by atoms with E-state index in [9.17, 15) is 9.18 Å². The van der Waals surface area contributed by atoms with Gasteiger partial charge in [0.25, 0.3) is 0 Å². The summed E-state index contributed by atoms with van der Waals surface area (Å²) in [6, 6.07) is 13.6. The molecule has 0 aliphatic heterocycles. The average Bonchev–Trinajstić information content (AvgIpc) is 3.30. The minimum atomic E-state index is -0.412. The third kappa shape index (κ3) is 6.85. The molecule has 0 atom stereocenters. The van der Waals surface area contributed by atoms with Crippen LogP contribution in [0.2, 0.25) is 0 Å². The summed E-state index contributed by atoms with van der Waals surface area (Å²) >= 11 is 1.22. The fourth-order valence-corrected chi connectivity index (χ4v) is 4.65. The molecule has 1 amide bonds. The molecular formula is C26H29FN4O3S. The lowest BCUT2D eigenvalue weighted by molar-refractivity contribution is -0.118. The molecule has 0 bridgehead atoms. The molecule has 1 N–H and O–H groups in total. The van der Waals surface area contributed by atoms with Gasteiger partial charge in [0, 0.05) is 6.54 Å². The summed E-state index contributed by atoms with van der Waals surface area (Å²) in [7, 11) is 1.60. The number of rotatable bonds is 11. The molecule has 1 aliphatic rings. The summed E-state index contributed by atoms with van der Waals surface area (Å²) in [6.45, 7) is 0.696. The van der Waals surface area contributed by atoms with Crippen molar-refractivity contribution in [3.05, 3.63) is 71.8 Å². The first-order valence-electron chi connectivity index (χ1n) is 11.7. The third-order valence-corrected chi connectivity index (χ3v) is 6.64. The van der Waals surface area contributed by atoms with Gasteiger partial charge in [-0.1, -0.05) is 35.5 Å². The smallest absolute Gasteiger partial charge is 0.230 e. The molecule has 0 saturated heterocycles. The first-order valence-corrected chi connectivity index (χ1v) is 12.7. The first-order chi connectivity index (χ1) is 17.1. The fraction of sp³-hybridized carbons (Fsp3) is 0.346. The number of benzene rings is 2. The van der Waals surface area contributed by atoms with Gasteiger partial charge in [-0.3, -0.25) is 9.36 Å².